The van der Waals surface area contributed by atoms with Gasteiger partial charge in [0, 0.05) is 36.2 Å². The molecule has 1 heterocycles. The van der Waals surface area contributed by atoms with Crippen LogP contribution in [0.1, 0.15) is 6.42 Å². The van der Waals surface area contributed by atoms with Crippen molar-refractivity contribution in [3.8, 4) is 11.5 Å². The summed E-state index contributed by atoms with van der Waals surface area (Å²) < 4.78 is 47.3. The summed E-state index contributed by atoms with van der Waals surface area (Å²) in [7, 11) is 5.41. The number of aromatic nitrogens is 1. The Bertz CT molecular complexity index is 1070. The maximum atomic E-state index is 13.0. The van der Waals surface area contributed by atoms with Gasteiger partial charge in [0.15, 0.2) is 5.13 Å². The third kappa shape index (κ3) is 7.51. The Morgan fingerprint density at radius 2 is 1.79 bits per heavy atom. The van der Waals surface area contributed by atoms with Gasteiger partial charge in [-0.15, -0.1) is 24.9 Å². The summed E-state index contributed by atoms with van der Waals surface area (Å²) in [5.41, 5.74) is 0.514. The number of hydrogen-bond acceptors (Lipinski definition) is 7. The van der Waals surface area contributed by atoms with Crippen molar-refractivity contribution in [1.82, 2.24) is 9.88 Å². The zero-order chi connectivity index (χ0) is 24.0. The molecular weight excluding hydrogens is 475 g/mol. The second-order valence-electron chi connectivity index (χ2n) is 7.30. The average Bonchev–Trinajstić information content (AvgIpc) is 3.16. The van der Waals surface area contributed by atoms with E-state index in [2.05, 4.69) is 9.72 Å². The number of thiazole rings is 1. The van der Waals surface area contributed by atoms with E-state index in [0.717, 1.165) is 10.6 Å². The Kier molecular flexibility index (Phi) is 8.44. The number of hydrogen-bond donors (Lipinski definition) is 0. The number of halogens is 3. The average molecular weight is 500 g/mol. The summed E-state index contributed by atoms with van der Waals surface area (Å²) in [5.74, 6) is 0.943. The van der Waals surface area contributed by atoms with Gasteiger partial charge in [0.2, 0.25) is 5.91 Å². The lowest BCUT2D eigenvalue weighted by Gasteiger charge is -2.22. The van der Waals surface area contributed by atoms with Crippen molar-refractivity contribution in [2.45, 2.75) is 17.7 Å². The number of nitrogens with zero attached hydrogens (tertiary/aromatic N) is 3. The Hall–Kier alpha value is -2.50. The number of alkyl halides is 3. The van der Waals surface area contributed by atoms with Gasteiger partial charge in [-0.3, -0.25) is 9.69 Å². The number of amides is 1. The van der Waals surface area contributed by atoms with E-state index in [1.54, 1.807) is 23.8 Å². The molecule has 0 saturated carbocycles. The Labute approximate surface area is 198 Å². The van der Waals surface area contributed by atoms with Gasteiger partial charge in [0.05, 0.1) is 17.3 Å². The predicted molar refractivity (Wildman–Crippen MR) is 126 cm³/mol. The standard InChI is InChI=1S/C22H24F3N3O3S2/c1-27(2)11-12-28(20(29)10-13-32-17-7-4-15(30-3)5-8-17)21-26-18-9-6-16(14-19(18)33-21)31-22(23,24)25/h4-9,14H,10-13H2,1-3H3. The molecule has 0 bridgehead atoms. The van der Waals surface area contributed by atoms with Crippen LogP contribution in [0.15, 0.2) is 47.4 Å². The zero-order valence-corrected chi connectivity index (χ0v) is 20.0. The lowest BCUT2D eigenvalue weighted by Crippen LogP contribution is -2.36. The Morgan fingerprint density at radius 1 is 1.09 bits per heavy atom. The van der Waals surface area contributed by atoms with E-state index in [1.165, 1.54) is 29.5 Å². The number of carbonyl (C=O) groups excluding carboxylic acids is 1. The van der Waals surface area contributed by atoms with E-state index in [-0.39, 0.29) is 11.7 Å². The quantitative estimate of drug-likeness (QED) is 0.354. The van der Waals surface area contributed by atoms with Crippen LogP contribution in [0.2, 0.25) is 0 Å². The first-order valence-electron chi connectivity index (χ1n) is 10.0. The smallest absolute Gasteiger partial charge is 0.497 e. The molecule has 0 radical (unpaired) electrons. The number of ether oxygens (including phenoxy) is 2. The van der Waals surface area contributed by atoms with Crippen molar-refractivity contribution in [3.63, 3.8) is 0 Å². The van der Waals surface area contributed by atoms with Gasteiger partial charge in [-0.2, -0.15) is 0 Å². The van der Waals surface area contributed by atoms with E-state index in [9.17, 15) is 18.0 Å². The predicted octanol–water partition coefficient (Wildman–Crippen LogP) is 5.28. The van der Waals surface area contributed by atoms with Crippen LogP contribution < -0.4 is 14.4 Å². The number of fused-ring (bicyclic) bond motifs is 1. The number of anilines is 1. The van der Waals surface area contributed by atoms with Gasteiger partial charge in [-0.25, -0.2) is 4.98 Å². The third-order valence-electron chi connectivity index (χ3n) is 4.53. The highest BCUT2D eigenvalue weighted by molar-refractivity contribution is 7.99. The SMILES string of the molecule is COc1ccc(SCCC(=O)N(CCN(C)C)c2nc3ccc(OC(F)(F)F)cc3s2)cc1. The van der Waals surface area contributed by atoms with Crippen molar-refractivity contribution < 1.29 is 27.4 Å². The molecule has 178 valence electrons. The molecule has 0 saturated heterocycles. The number of benzene rings is 2. The van der Waals surface area contributed by atoms with Gasteiger partial charge in [-0.05, 0) is 50.5 Å². The van der Waals surface area contributed by atoms with Crippen LogP contribution in [0.3, 0.4) is 0 Å². The van der Waals surface area contributed by atoms with Crippen LogP contribution in [0.25, 0.3) is 10.2 Å². The molecule has 0 aliphatic carbocycles. The first kappa shape index (κ1) is 25.1. The van der Waals surface area contributed by atoms with E-state index < -0.39 is 6.36 Å². The van der Waals surface area contributed by atoms with Crippen molar-refractivity contribution in [2.24, 2.45) is 0 Å². The first-order valence-corrected chi connectivity index (χ1v) is 11.8. The maximum absolute atomic E-state index is 13.0. The summed E-state index contributed by atoms with van der Waals surface area (Å²) in [6, 6.07) is 11.6. The second kappa shape index (κ2) is 11.1. The minimum atomic E-state index is -4.77. The largest absolute Gasteiger partial charge is 0.573 e. The van der Waals surface area contributed by atoms with Crippen molar-refractivity contribution >= 4 is 44.4 Å². The van der Waals surface area contributed by atoms with Gasteiger partial charge in [0.25, 0.3) is 0 Å². The Morgan fingerprint density at radius 3 is 2.42 bits per heavy atom. The molecule has 0 unspecified atom stereocenters. The zero-order valence-electron chi connectivity index (χ0n) is 18.4. The summed E-state index contributed by atoms with van der Waals surface area (Å²) >= 11 is 2.73. The van der Waals surface area contributed by atoms with Crippen LogP contribution in [0.5, 0.6) is 11.5 Å². The van der Waals surface area contributed by atoms with Crippen molar-refractivity contribution in [2.75, 3.05) is 44.9 Å². The summed E-state index contributed by atoms with van der Waals surface area (Å²) in [5, 5.41) is 0.454. The molecule has 2 aromatic carbocycles. The summed E-state index contributed by atoms with van der Waals surface area (Å²) in [6.07, 6.45) is -4.47. The summed E-state index contributed by atoms with van der Waals surface area (Å²) in [6.45, 7) is 1.04. The molecule has 6 nitrogen and oxygen atoms in total. The molecule has 1 aromatic heterocycles. The van der Waals surface area contributed by atoms with E-state index >= 15 is 0 Å². The highest BCUT2D eigenvalue weighted by Gasteiger charge is 2.31. The number of carbonyl (C=O) groups is 1. The van der Waals surface area contributed by atoms with Crippen LogP contribution in [-0.4, -0.2) is 62.2 Å². The molecular formula is C22H24F3N3O3S2. The normalized spacial score (nSPS) is 11.7. The lowest BCUT2D eigenvalue weighted by atomic mass is 10.3. The first-order chi connectivity index (χ1) is 15.6. The molecule has 0 spiro atoms. The topological polar surface area (TPSA) is 54.9 Å². The van der Waals surface area contributed by atoms with Crippen LogP contribution >= 0.6 is 23.1 Å². The fraction of sp³-hybridized carbons (Fsp3) is 0.364. The van der Waals surface area contributed by atoms with Crippen molar-refractivity contribution in [3.05, 3.63) is 42.5 Å². The third-order valence-corrected chi connectivity index (χ3v) is 6.58. The van der Waals surface area contributed by atoms with Crippen LogP contribution in [0.4, 0.5) is 18.3 Å². The van der Waals surface area contributed by atoms with Gasteiger partial charge in [0.1, 0.15) is 11.5 Å². The molecule has 0 atom stereocenters. The maximum Gasteiger partial charge on any atom is 0.573 e. The number of methoxy groups -OCH3 is 1. The van der Waals surface area contributed by atoms with Gasteiger partial charge >= 0.3 is 6.36 Å². The molecule has 0 aliphatic rings. The monoisotopic (exact) mass is 499 g/mol. The minimum Gasteiger partial charge on any atom is -0.497 e. The van der Waals surface area contributed by atoms with Crippen LogP contribution in [-0.2, 0) is 4.79 Å². The highest BCUT2D eigenvalue weighted by atomic mass is 32.2. The van der Waals surface area contributed by atoms with Gasteiger partial charge < -0.3 is 14.4 Å². The van der Waals surface area contributed by atoms with E-state index in [0.29, 0.717) is 40.6 Å². The molecule has 1 amide bonds. The van der Waals surface area contributed by atoms with Crippen molar-refractivity contribution in [1.29, 1.82) is 0 Å². The molecule has 0 aliphatic heterocycles. The second-order valence-corrected chi connectivity index (χ2v) is 9.47. The van der Waals surface area contributed by atoms with E-state index in [4.69, 9.17) is 4.74 Å². The van der Waals surface area contributed by atoms with Gasteiger partial charge in [-0.1, -0.05) is 11.3 Å². The fourth-order valence-corrected chi connectivity index (χ4v) is 4.77. The molecule has 11 heteroatoms. The van der Waals surface area contributed by atoms with E-state index in [1.807, 2.05) is 43.3 Å². The Balaban J connectivity index is 1.72. The summed E-state index contributed by atoms with van der Waals surface area (Å²) in [4.78, 5) is 22.1. The number of likely N-dealkylation sites (N-methyl/N-ethyl adjacent to an activating group) is 1. The number of thioether (sulfide) groups is 1. The lowest BCUT2D eigenvalue weighted by molar-refractivity contribution is -0.274. The highest BCUT2D eigenvalue weighted by Crippen LogP contribution is 2.33. The minimum absolute atomic E-state index is 0.0938. The molecule has 3 rings (SSSR count). The molecule has 3 aromatic rings. The molecule has 0 N–H and O–H groups in total. The molecule has 0 fully saturated rings. The number of rotatable bonds is 10. The fourth-order valence-electron chi connectivity index (χ4n) is 2.90. The van der Waals surface area contributed by atoms with Crippen LogP contribution in [0, 0.1) is 0 Å². The molecule has 33 heavy (non-hydrogen) atoms.